The highest BCUT2D eigenvalue weighted by Gasteiger charge is 2.10. The number of hydrogen-bond acceptors (Lipinski definition) is 3. The van der Waals surface area contributed by atoms with Crippen molar-refractivity contribution in [2.24, 2.45) is 0 Å². The van der Waals surface area contributed by atoms with E-state index >= 15 is 0 Å². The third-order valence-electron chi connectivity index (χ3n) is 4.34. The number of halogens is 2. The van der Waals surface area contributed by atoms with Crippen LogP contribution < -0.4 is 10.6 Å². The molecule has 4 aromatic rings. The highest BCUT2D eigenvalue weighted by molar-refractivity contribution is 6.35. The molecule has 8 heteroatoms. The predicted molar refractivity (Wildman–Crippen MR) is 120 cm³/mol. The lowest BCUT2D eigenvalue weighted by Gasteiger charge is -2.07. The fraction of sp³-hybridized carbons (Fsp3) is 0.0455. The maximum atomic E-state index is 12.4. The zero-order valence-corrected chi connectivity index (χ0v) is 17.3. The van der Waals surface area contributed by atoms with Gasteiger partial charge in [-0.2, -0.15) is 0 Å². The summed E-state index contributed by atoms with van der Waals surface area (Å²) in [5.41, 5.74) is 4.16. The molecule has 0 radical (unpaired) electrons. The summed E-state index contributed by atoms with van der Waals surface area (Å²) >= 11 is 11.9. The number of anilines is 2. The molecule has 0 bridgehead atoms. The summed E-state index contributed by atoms with van der Waals surface area (Å²) in [6.45, 7) is 1.46. The lowest BCUT2D eigenvalue weighted by atomic mass is 10.1. The predicted octanol–water partition coefficient (Wildman–Crippen LogP) is 5.75. The highest BCUT2D eigenvalue weighted by atomic mass is 35.5. The van der Waals surface area contributed by atoms with E-state index in [9.17, 15) is 9.59 Å². The SMILES string of the molecule is CC(=O)Nc1ccc2nc(-c3ccc(NC(=O)c4cc(Cl)cc(Cl)c4)cc3)[nH]c2c1. The summed E-state index contributed by atoms with van der Waals surface area (Å²) in [4.78, 5) is 31.5. The number of carbonyl (C=O) groups is 2. The number of nitrogens with one attached hydrogen (secondary N) is 3. The van der Waals surface area contributed by atoms with Crippen LogP contribution in [-0.4, -0.2) is 21.8 Å². The molecule has 2 amide bonds. The Hall–Kier alpha value is -3.35. The minimum absolute atomic E-state index is 0.133. The fourth-order valence-corrected chi connectivity index (χ4v) is 3.55. The Morgan fingerprint density at radius 2 is 1.53 bits per heavy atom. The lowest BCUT2D eigenvalue weighted by molar-refractivity contribution is -0.114. The van der Waals surface area contributed by atoms with Crippen molar-refractivity contribution in [3.8, 4) is 11.4 Å². The Balaban J connectivity index is 1.53. The highest BCUT2D eigenvalue weighted by Crippen LogP contribution is 2.25. The van der Waals surface area contributed by atoms with E-state index in [2.05, 4.69) is 20.6 Å². The van der Waals surface area contributed by atoms with Crippen LogP contribution in [0, 0.1) is 0 Å². The zero-order valence-electron chi connectivity index (χ0n) is 15.8. The Morgan fingerprint density at radius 1 is 0.867 bits per heavy atom. The van der Waals surface area contributed by atoms with Gasteiger partial charge >= 0.3 is 0 Å². The maximum Gasteiger partial charge on any atom is 0.255 e. The van der Waals surface area contributed by atoms with E-state index in [-0.39, 0.29) is 11.8 Å². The van der Waals surface area contributed by atoms with Crippen molar-refractivity contribution in [1.82, 2.24) is 9.97 Å². The summed E-state index contributed by atoms with van der Waals surface area (Å²) in [5, 5.41) is 6.36. The standard InChI is InChI=1S/C22H16Cl2N4O2/c1-12(29)25-18-6-7-19-20(11-18)28-21(27-19)13-2-4-17(5-3-13)26-22(30)14-8-15(23)10-16(24)9-14/h2-11H,1H3,(H,25,29)(H,26,30)(H,27,28). The molecule has 0 atom stereocenters. The minimum atomic E-state index is -0.304. The van der Waals surface area contributed by atoms with Crippen LogP contribution in [0.1, 0.15) is 17.3 Å². The Morgan fingerprint density at radius 3 is 2.20 bits per heavy atom. The lowest BCUT2D eigenvalue weighted by Crippen LogP contribution is -2.11. The molecule has 1 heterocycles. The molecule has 0 spiro atoms. The zero-order chi connectivity index (χ0) is 21.3. The van der Waals surface area contributed by atoms with Gasteiger partial charge in [-0.05, 0) is 60.7 Å². The summed E-state index contributed by atoms with van der Waals surface area (Å²) in [7, 11) is 0. The number of nitrogens with zero attached hydrogens (tertiary/aromatic N) is 1. The number of rotatable bonds is 4. The van der Waals surface area contributed by atoms with Crippen LogP contribution in [0.3, 0.4) is 0 Å². The number of benzene rings is 3. The van der Waals surface area contributed by atoms with Crippen LogP contribution >= 0.6 is 23.2 Å². The number of H-pyrrole nitrogens is 1. The molecule has 3 N–H and O–H groups in total. The van der Waals surface area contributed by atoms with Gasteiger partial charge in [0.15, 0.2) is 0 Å². The minimum Gasteiger partial charge on any atom is -0.338 e. The number of amides is 2. The Labute approximate surface area is 182 Å². The summed E-state index contributed by atoms with van der Waals surface area (Å²) in [6.07, 6.45) is 0. The Bertz CT molecular complexity index is 1250. The normalized spacial score (nSPS) is 10.8. The molecule has 0 aliphatic carbocycles. The van der Waals surface area contributed by atoms with Gasteiger partial charge in [0.2, 0.25) is 5.91 Å². The average Bonchev–Trinajstić information content (AvgIpc) is 3.10. The molecular formula is C22H16Cl2N4O2. The van der Waals surface area contributed by atoms with Gasteiger partial charge in [0.05, 0.1) is 11.0 Å². The van der Waals surface area contributed by atoms with E-state index in [0.717, 1.165) is 16.6 Å². The largest absolute Gasteiger partial charge is 0.338 e. The van der Waals surface area contributed by atoms with Crippen molar-refractivity contribution >= 4 is 57.4 Å². The summed E-state index contributed by atoms with van der Waals surface area (Å²) in [6, 6.07) is 17.4. The molecule has 0 saturated heterocycles. The third kappa shape index (κ3) is 4.45. The number of carbonyl (C=O) groups excluding carboxylic acids is 2. The van der Waals surface area contributed by atoms with Gasteiger partial charge < -0.3 is 15.6 Å². The van der Waals surface area contributed by atoms with Gasteiger partial charge in [0.25, 0.3) is 5.91 Å². The average molecular weight is 439 g/mol. The molecule has 1 aromatic heterocycles. The number of aromatic nitrogens is 2. The van der Waals surface area contributed by atoms with Crippen molar-refractivity contribution in [1.29, 1.82) is 0 Å². The molecule has 0 saturated carbocycles. The van der Waals surface area contributed by atoms with Crippen molar-refractivity contribution in [2.75, 3.05) is 10.6 Å². The maximum absolute atomic E-state index is 12.4. The molecule has 30 heavy (non-hydrogen) atoms. The molecule has 0 aliphatic rings. The van der Waals surface area contributed by atoms with E-state index in [0.29, 0.717) is 32.8 Å². The topological polar surface area (TPSA) is 86.9 Å². The summed E-state index contributed by atoms with van der Waals surface area (Å²) in [5.74, 6) is 0.248. The van der Waals surface area contributed by atoms with Crippen molar-refractivity contribution in [3.63, 3.8) is 0 Å². The first-order valence-electron chi connectivity index (χ1n) is 9.02. The second-order valence-electron chi connectivity index (χ2n) is 6.69. The second kappa shape index (κ2) is 8.18. The Kier molecular flexibility index (Phi) is 5.44. The number of hydrogen-bond donors (Lipinski definition) is 3. The smallest absolute Gasteiger partial charge is 0.255 e. The first kappa shape index (κ1) is 19.9. The quantitative estimate of drug-likeness (QED) is 0.379. The number of fused-ring (bicyclic) bond motifs is 1. The van der Waals surface area contributed by atoms with Crippen LogP contribution in [0.2, 0.25) is 10.0 Å². The first-order chi connectivity index (χ1) is 14.4. The van der Waals surface area contributed by atoms with Gasteiger partial charge in [-0.3, -0.25) is 9.59 Å². The third-order valence-corrected chi connectivity index (χ3v) is 4.78. The molecule has 6 nitrogen and oxygen atoms in total. The number of aromatic amines is 1. The monoisotopic (exact) mass is 438 g/mol. The first-order valence-corrected chi connectivity index (χ1v) is 9.78. The fourth-order valence-electron chi connectivity index (χ4n) is 3.03. The van der Waals surface area contributed by atoms with Crippen LogP contribution in [0.4, 0.5) is 11.4 Å². The van der Waals surface area contributed by atoms with Crippen LogP contribution in [-0.2, 0) is 4.79 Å². The van der Waals surface area contributed by atoms with Crippen LogP contribution in [0.25, 0.3) is 22.4 Å². The summed E-state index contributed by atoms with van der Waals surface area (Å²) < 4.78 is 0. The molecule has 3 aromatic carbocycles. The van der Waals surface area contributed by atoms with Gasteiger partial charge in [-0.1, -0.05) is 23.2 Å². The van der Waals surface area contributed by atoms with Gasteiger partial charge in [0, 0.05) is 39.5 Å². The van der Waals surface area contributed by atoms with E-state index < -0.39 is 0 Å². The number of imidazole rings is 1. The van der Waals surface area contributed by atoms with E-state index in [1.807, 2.05) is 24.3 Å². The van der Waals surface area contributed by atoms with Gasteiger partial charge in [0.1, 0.15) is 5.82 Å². The van der Waals surface area contributed by atoms with Crippen LogP contribution in [0.15, 0.2) is 60.7 Å². The van der Waals surface area contributed by atoms with E-state index in [4.69, 9.17) is 23.2 Å². The van der Waals surface area contributed by atoms with Crippen molar-refractivity contribution in [2.45, 2.75) is 6.92 Å². The molecule has 150 valence electrons. The van der Waals surface area contributed by atoms with E-state index in [1.54, 1.807) is 36.4 Å². The van der Waals surface area contributed by atoms with Crippen molar-refractivity contribution in [3.05, 3.63) is 76.3 Å². The molecular weight excluding hydrogens is 423 g/mol. The molecule has 0 fully saturated rings. The van der Waals surface area contributed by atoms with Crippen molar-refractivity contribution < 1.29 is 9.59 Å². The van der Waals surface area contributed by atoms with Crippen LogP contribution in [0.5, 0.6) is 0 Å². The van der Waals surface area contributed by atoms with Gasteiger partial charge in [-0.15, -0.1) is 0 Å². The molecule has 0 unspecified atom stereocenters. The molecule has 0 aliphatic heterocycles. The second-order valence-corrected chi connectivity index (χ2v) is 7.56. The molecule has 4 rings (SSSR count). The van der Waals surface area contributed by atoms with E-state index in [1.165, 1.54) is 6.92 Å². The van der Waals surface area contributed by atoms with Gasteiger partial charge in [-0.25, -0.2) is 4.98 Å².